The van der Waals surface area contributed by atoms with Crippen molar-refractivity contribution in [2.45, 2.75) is 19.3 Å². The van der Waals surface area contributed by atoms with Gasteiger partial charge >= 0.3 is 0 Å². The Bertz CT molecular complexity index is 484. The number of aromatic nitrogens is 2. The van der Waals surface area contributed by atoms with Crippen LogP contribution in [0.3, 0.4) is 0 Å². The van der Waals surface area contributed by atoms with Gasteiger partial charge in [-0.2, -0.15) is 0 Å². The smallest absolute Gasteiger partial charge is 0.108 e. The zero-order valence-electron chi connectivity index (χ0n) is 8.42. The van der Waals surface area contributed by atoms with Crippen LogP contribution in [-0.4, -0.2) is 16.5 Å². The summed E-state index contributed by atoms with van der Waals surface area (Å²) in [7, 11) is 0. The van der Waals surface area contributed by atoms with E-state index in [2.05, 4.69) is 21.4 Å². The van der Waals surface area contributed by atoms with Crippen molar-refractivity contribution in [3.8, 4) is 11.3 Å². The van der Waals surface area contributed by atoms with E-state index in [9.17, 15) is 0 Å². The minimum Gasteiger partial charge on any atom is -0.345 e. The first-order valence-corrected chi connectivity index (χ1v) is 6.11. The van der Waals surface area contributed by atoms with Crippen LogP contribution in [0.15, 0.2) is 11.4 Å². The number of rotatable bonds is 2. The Kier molecular flexibility index (Phi) is 2.11. The van der Waals surface area contributed by atoms with E-state index in [-0.39, 0.29) is 0 Å². The summed E-state index contributed by atoms with van der Waals surface area (Å²) in [6.07, 6.45) is 3.07. The van der Waals surface area contributed by atoms with Crippen molar-refractivity contribution in [3.63, 3.8) is 0 Å². The van der Waals surface area contributed by atoms with Crippen molar-refractivity contribution in [2.75, 3.05) is 6.54 Å². The Morgan fingerprint density at radius 2 is 2.40 bits per heavy atom. The summed E-state index contributed by atoms with van der Waals surface area (Å²) in [4.78, 5) is 9.47. The molecule has 0 unspecified atom stereocenters. The average Bonchev–Trinajstić information content (AvgIpc) is 2.80. The quantitative estimate of drug-likeness (QED) is 0.808. The Morgan fingerprint density at radius 3 is 3.27 bits per heavy atom. The molecule has 78 valence electrons. The van der Waals surface area contributed by atoms with Gasteiger partial charge in [-0.25, -0.2) is 4.98 Å². The second kappa shape index (κ2) is 3.47. The van der Waals surface area contributed by atoms with Gasteiger partial charge in [-0.3, -0.25) is 0 Å². The molecule has 15 heavy (non-hydrogen) atoms. The van der Waals surface area contributed by atoms with E-state index >= 15 is 0 Å². The van der Waals surface area contributed by atoms with Gasteiger partial charge in [-0.15, -0.1) is 11.3 Å². The first-order valence-electron chi connectivity index (χ1n) is 5.23. The highest BCUT2D eigenvalue weighted by Gasteiger charge is 2.20. The molecule has 0 radical (unpaired) electrons. The molecule has 0 fully saturated rings. The van der Waals surface area contributed by atoms with Crippen LogP contribution >= 0.6 is 11.3 Å². The Morgan fingerprint density at radius 1 is 1.47 bits per heavy atom. The van der Waals surface area contributed by atoms with Gasteiger partial charge in [0.25, 0.3) is 0 Å². The first-order chi connectivity index (χ1) is 7.38. The van der Waals surface area contributed by atoms with Crippen LogP contribution in [-0.2, 0) is 19.3 Å². The number of nitrogens with zero attached hydrogens (tertiary/aromatic N) is 1. The molecule has 0 spiro atoms. The van der Waals surface area contributed by atoms with Gasteiger partial charge in [0.1, 0.15) is 5.82 Å². The fourth-order valence-corrected chi connectivity index (χ4v) is 2.99. The average molecular weight is 219 g/mol. The number of nitrogens with one attached hydrogen (secondary N) is 1. The van der Waals surface area contributed by atoms with Crippen LogP contribution < -0.4 is 5.73 Å². The lowest BCUT2D eigenvalue weighted by atomic mass is 10.0. The van der Waals surface area contributed by atoms with Gasteiger partial charge in [0.15, 0.2) is 0 Å². The van der Waals surface area contributed by atoms with Crippen molar-refractivity contribution in [3.05, 3.63) is 27.8 Å². The number of hydrogen-bond donors (Lipinski definition) is 2. The maximum absolute atomic E-state index is 5.54. The highest BCUT2D eigenvalue weighted by Crippen LogP contribution is 2.34. The molecular weight excluding hydrogens is 206 g/mol. The van der Waals surface area contributed by atoms with Gasteiger partial charge in [0, 0.05) is 22.6 Å². The number of imidazole rings is 1. The second-order valence-electron chi connectivity index (χ2n) is 3.81. The highest BCUT2D eigenvalue weighted by atomic mass is 32.1. The Labute approximate surface area is 92.4 Å². The first kappa shape index (κ1) is 9.12. The van der Waals surface area contributed by atoms with Crippen molar-refractivity contribution < 1.29 is 0 Å². The van der Waals surface area contributed by atoms with Crippen molar-refractivity contribution >= 4 is 11.3 Å². The third-order valence-electron chi connectivity index (χ3n) is 2.81. The number of thiophene rings is 1. The van der Waals surface area contributed by atoms with Crippen LogP contribution in [0.25, 0.3) is 11.3 Å². The molecule has 4 heteroatoms. The monoisotopic (exact) mass is 219 g/mol. The number of nitrogens with two attached hydrogens (primary N) is 1. The predicted molar refractivity (Wildman–Crippen MR) is 62.1 cm³/mol. The maximum Gasteiger partial charge on any atom is 0.108 e. The second-order valence-corrected chi connectivity index (χ2v) is 4.81. The largest absolute Gasteiger partial charge is 0.345 e. The molecular formula is C11H13N3S. The van der Waals surface area contributed by atoms with E-state index in [1.54, 1.807) is 0 Å². The molecule has 3 N–H and O–H groups in total. The van der Waals surface area contributed by atoms with Crippen molar-refractivity contribution in [1.82, 2.24) is 9.97 Å². The van der Waals surface area contributed by atoms with Crippen LogP contribution in [0, 0.1) is 0 Å². The molecule has 2 aromatic heterocycles. The van der Waals surface area contributed by atoms with Crippen LogP contribution in [0.2, 0.25) is 0 Å². The molecule has 3 nitrogen and oxygen atoms in total. The van der Waals surface area contributed by atoms with Gasteiger partial charge in [0.05, 0.1) is 5.69 Å². The van der Waals surface area contributed by atoms with E-state index in [0.717, 1.165) is 30.8 Å². The fraction of sp³-hybridized carbons (Fsp3) is 0.364. The molecule has 2 aromatic rings. The Hall–Kier alpha value is -1.13. The maximum atomic E-state index is 5.54. The molecule has 3 rings (SSSR count). The van der Waals surface area contributed by atoms with E-state index in [1.807, 2.05) is 11.3 Å². The summed E-state index contributed by atoms with van der Waals surface area (Å²) in [5.41, 5.74) is 9.29. The van der Waals surface area contributed by atoms with Gasteiger partial charge in [-0.05, 0) is 30.8 Å². The molecule has 0 amide bonds. The van der Waals surface area contributed by atoms with Crippen LogP contribution in [0.5, 0.6) is 0 Å². The lowest BCUT2D eigenvalue weighted by Crippen LogP contribution is -2.04. The molecule has 0 atom stereocenters. The lowest BCUT2D eigenvalue weighted by Gasteiger charge is -2.09. The number of fused-ring (bicyclic) bond motifs is 3. The predicted octanol–water partition coefficient (Wildman–Crippen LogP) is 1.74. The molecule has 1 aliphatic rings. The zero-order valence-corrected chi connectivity index (χ0v) is 9.23. The van der Waals surface area contributed by atoms with Gasteiger partial charge < -0.3 is 10.7 Å². The summed E-state index contributed by atoms with van der Waals surface area (Å²) in [5, 5.41) is 2.15. The third-order valence-corrected chi connectivity index (χ3v) is 3.79. The minimum absolute atomic E-state index is 0.656. The lowest BCUT2D eigenvalue weighted by molar-refractivity contribution is 0.873. The highest BCUT2D eigenvalue weighted by molar-refractivity contribution is 7.10. The summed E-state index contributed by atoms with van der Waals surface area (Å²) < 4.78 is 0. The molecule has 0 aromatic carbocycles. The van der Waals surface area contributed by atoms with E-state index in [4.69, 9.17) is 5.73 Å². The fourth-order valence-electron chi connectivity index (χ4n) is 2.11. The van der Waals surface area contributed by atoms with E-state index < -0.39 is 0 Å². The molecule has 0 bridgehead atoms. The van der Waals surface area contributed by atoms with Gasteiger partial charge in [0.2, 0.25) is 0 Å². The topological polar surface area (TPSA) is 54.7 Å². The molecule has 0 aliphatic heterocycles. The molecule has 0 saturated carbocycles. The summed E-state index contributed by atoms with van der Waals surface area (Å²) in [6.45, 7) is 0.656. The van der Waals surface area contributed by atoms with Crippen LogP contribution in [0.4, 0.5) is 0 Å². The molecule has 2 heterocycles. The third kappa shape index (κ3) is 1.41. The van der Waals surface area contributed by atoms with Gasteiger partial charge in [-0.1, -0.05) is 0 Å². The van der Waals surface area contributed by atoms with E-state index in [1.165, 1.54) is 16.1 Å². The summed E-state index contributed by atoms with van der Waals surface area (Å²) >= 11 is 1.83. The standard InChI is InChI=1S/C11H13N3S/c12-5-3-10-13-8-1-2-9-7(4-6-15-9)11(8)14-10/h4,6H,1-3,5,12H2,(H,13,14). The van der Waals surface area contributed by atoms with Crippen LogP contribution in [0.1, 0.15) is 16.4 Å². The summed E-state index contributed by atoms with van der Waals surface area (Å²) in [5.74, 6) is 1.03. The Balaban J connectivity index is 2.08. The van der Waals surface area contributed by atoms with Crippen molar-refractivity contribution in [1.29, 1.82) is 0 Å². The number of hydrogen-bond acceptors (Lipinski definition) is 3. The number of H-pyrrole nitrogens is 1. The number of aryl methyl sites for hydroxylation is 2. The minimum atomic E-state index is 0.656. The molecule has 0 saturated heterocycles. The number of aromatic amines is 1. The SMILES string of the molecule is NCCc1nc2c([nH]1)CCc1sccc1-2. The normalized spacial score (nSPS) is 13.7. The summed E-state index contributed by atoms with van der Waals surface area (Å²) in [6, 6.07) is 2.17. The zero-order chi connectivity index (χ0) is 10.3. The van der Waals surface area contributed by atoms with E-state index in [0.29, 0.717) is 6.54 Å². The molecule has 1 aliphatic carbocycles. The van der Waals surface area contributed by atoms with Crippen molar-refractivity contribution in [2.24, 2.45) is 5.73 Å².